The summed E-state index contributed by atoms with van der Waals surface area (Å²) < 4.78 is 0. The van der Waals surface area contributed by atoms with Gasteiger partial charge < -0.3 is 5.32 Å². The van der Waals surface area contributed by atoms with Crippen molar-refractivity contribution in [2.45, 2.75) is 45.2 Å². The normalized spacial score (nSPS) is 23.7. The summed E-state index contributed by atoms with van der Waals surface area (Å²) >= 11 is 12.2. The van der Waals surface area contributed by atoms with Crippen LogP contribution in [0.25, 0.3) is 0 Å². The number of amides is 1. The zero-order valence-electron chi connectivity index (χ0n) is 16.3. The van der Waals surface area contributed by atoms with Gasteiger partial charge in [0.1, 0.15) is 5.84 Å². The van der Waals surface area contributed by atoms with E-state index < -0.39 is 0 Å². The van der Waals surface area contributed by atoms with E-state index in [2.05, 4.69) is 33.8 Å². The molecule has 2 fully saturated rings. The van der Waals surface area contributed by atoms with Crippen LogP contribution in [-0.4, -0.2) is 48.5 Å². The quantitative estimate of drug-likeness (QED) is 0.539. The number of hydrogen-bond acceptors (Lipinski definition) is 3. The van der Waals surface area contributed by atoms with Crippen molar-refractivity contribution >= 4 is 41.7 Å². The summed E-state index contributed by atoms with van der Waals surface area (Å²) in [5.74, 6) is 1.16. The van der Waals surface area contributed by atoms with Crippen LogP contribution in [0.3, 0.4) is 0 Å². The lowest BCUT2D eigenvalue weighted by Crippen LogP contribution is -2.48. The third kappa shape index (κ3) is 4.65. The average Bonchev–Trinajstić information content (AvgIpc) is 3.31. The van der Waals surface area contributed by atoms with Gasteiger partial charge in [-0.15, -0.1) is 0 Å². The molecule has 1 saturated heterocycles. The maximum atomic E-state index is 12.7. The SMILES string of the molecule is C=NC(C)=N/C=C(\C)C(CNC(=O)c1cccc(Cl)c1Cl)N1CC2CCC1C2. The highest BCUT2D eigenvalue weighted by Crippen LogP contribution is 2.39. The molecular formula is C21H26Cl2N4O. The lowest BCUT2D eigenvalue weighted by Gasteiger charge is -2.35. The third-order valence-corrected chi connectivity index (χ3v) is 6.53. The zero-order chi connectivity index (χ0) is 20.3. The Hall–Kier alpha value is -1.69. The molecule has 1 heterocycles. The third-order valence-electron chi connectivity index (χ3n) is 5.71. The number of carbonyl (C=O) groups excluding carboxylic acids is 1. The molecule has 0 aromatic heterocycles. The molecule has 1 N–H and O–H groups in total. The summed E-state index contributed by atoms with van der Waals surface area (Å²) in [6.45, 7) is 8.92. The number of benzene rings is 1. The molecule has 2 bridgehead atoms. The number of halogens is 2. The van der Waals surface area contributed by atoms with Crippen LogP contribution in [0.2, 0.25) is 10.0 Å². The molecule has 5 nitrogen and oxygen atoms in total. The van der Waals surface area contributed by atoms with Crippen LogP contribution in [-0.2, 0) is 0 Å². The van der Waals surface area contributed by atoms with Crippen LogP contribution < -0.4 is 5.32 Å². The second-order valence-electron chi connectivity index (χ2n) is 7.56. The van der Waals surface area contributed by atoms with Crippen molar-refractivity contribution in [3.63, 3.8) is 0 Å². The number of amidine groups is 1. The molecule has 150 valence electrons. The Morgan fingerprint density at radius 3 is 2.82 bits per heavy atom. The Morgan fingerprint density at radius 2 is 2.18 bits per heavy atom. The van der Waals surface area contributed by atoms with Crippen molar-refractivity contribution in [1.29, 1.82) is 0 Å². The van der Waals surface area contributed by atoms with E-state index >= 15 is 0 Å². The Labute approximate surface area is 176 Å². The van der Waals surface area contributed by atoms with Gasteiger partial charge in [0.25, 0.3) is 5.91 Å². The van der Waals surface area contributed by atoms with Gasteiger partial charge in [0.15, 0.2) is 0 Å². The molecule has 3 rings (SSSR count). The minimum Gasteiger partial charge on any atom is -0.350 e. The number of piperidine rings is 1. The number of carbonyl (C=O) groups is 1. The fourth-order valence-electron chi connectivity index (χ4n) is 4.17. The van der Waals surface area contributed by atoms with Crippen molar-refractivity contribution in [2.24, 2.45) is 15.9 Å². The van der Waals surface area contributed by atoms with Crippen LogP contribution in [0.4, 0.5) is 0 Å². The van der Waals surface area contributed by atoms with E-state index in [1.807, 2.05) is 13.1 Å². The van der Waals surface area contributed by atoms with E-state index in [-0.39, 0.29) is 17.0 Å². The number of rotatable bonds is 6. The fourth-order valence-corrected chi connectivity index (χ4v) is 4.56. The van der Waals surface area contributed by atoms with Gasteiger partial charge in [-0.1, -0.05) is 29.3 Å². The van der Waals surface area contributed by atoms with E-state index in [4.69, 9.17) is 23.2 Å². The Bertz CT molecular complexity index is 821. The number of nitrogens with one attached hydrogen (secondary N) is 1. The first-order valence-electron chi connectivity index (χ1n) is 9.56. The molecule has 3 atom stereocenters. The second kappa shape index (κ2) is 9.21. The Kier molecular flexibility index (Phi) is 6.91. The molecule has 1 aliphatic carbocycles. The Morgan fingerprint density at radius 1 is 1.39 bits per heavy atom. The highest BCUT2D eigenvalue weighted by molar-refractivity contribution is 6.43. The molecule has 7 heteroatoms. The standard InChI is InChI=1S/C21H26Cl2N4O/c1-13(10-25-14(2)24-3)19(27-12-15-7-8-16(27)9-15)11-26-21(28)17-5-4-6-18(22)20(17)23/h4-6,10,15-16,19H,3,7-9,11-12H2,1-2H3,(H,26,28)/b13-10+,25-14?. The van der Waals surface area contributed by atoms with Gasteiger partial charge in [-0.05, 0) is 63.5 Å². The molecule has 28 heavy (non-hydrogen) atoms. The molecular weight excluding hydrogens is 395 g/mol. The minimum absolute atomic E-state index is 0.0820. The van der Waals surface area contributed by atoms with Crippen LogP contribution >= 0.6 is 23.2 Å². The van der Waals surface area contributed by atoms with Gasteiger partial charge in [0, 0.05) is 31.4 Å². The number of nitrogens with zero attached hydrogens (tertiary/aromatic N) is 3. The van der Waals surface area contributed by atoms with E-state index in [0.717, 1.165) is 18.0 Å². The first kappa shape index (κ1) is 21.0. The summed E-state index contributed by atoms with van der Waals surface area (Å²) in [6, 6.07) is 5.74. The summed E-state index contributed by atoms with van der Waals surface area (Å²) in [4.78, 5) is 23.4. The number of fused-ring (bicyclic) bond motifs is 2. The van der Waals surface area contributed by atoms with Crippen molar-refractivity contribution in [1.82, 2.24) is 10.2 Å². The molecule has 2 aliphatic rings. The summed E-state index contributed by atoms with van der Waals surface area (Å²) in [7, 11) is 0. The van der Waals surface area contributed by atoms with E-state index in [1.54, 1.807) is 18.2 Å². The fraction of sp³-hybridized carbons (Fsp3) is 0.476. The maximum absolute atomic E-state index is 12.7. The first-order valence-corrected chi connectivity index (χ1v) is 10.3. The predicted molar refractivity (Wildman–Crippen MR) is 117 cm³/mol. The molecule has 1 amide bonds. The molecule has 1 aromatic carbocycles. The van der Waals surface area contributed by atoms with Gasteiger partial charge in [0.05, 0.1) is 15.6 Å². The lowest BCUT2D eigenvalue weighted by atomic mass is 10.0. The minimum atomic E-state index is -0.220. The van der Waals surface area contributed by atoms with Crippen LogP contribution in [0.15, 0.2) is 40.0 Å². The number of aliphatic imine (C=N–C) groups is 2. The predicted octanol–water partition coefficient (Wildman–Crippen LogP) is 4.60. The average molecular weight is 421 g/mol. The summed E-state index contributed by atoms with van der Waals surface area (Å²) in [5.41, 5.74) is 1.48. The largest absolute Gasteiger partial charge is 0.350 e. The van der Waals surface area contributed by atoms with E-state index in [9.17, 15) is 4.79 Å². The number of likely N-dealkylation sites (tertiary alicyclic amines) is 1. The smallest absolute Gasteiger partial charge is 0.252 e. The van der Waals surface area contributed by atoms with Gasteiger partial charge in [-0.25, -0.2) is 9.98 Å². The number of hydrogen-bond donors (Lipinski definition) is 1. The molecule has 1 saturated carbocycles. The molecule has 0 radical (unpaired) electrons. The molecule has 0 spiro atoms. The van der Waals surface area contributed by atoms with Crippen molar-refractivity contribution in [2.75, 3.05) is 13.1 Å². The lowest BCUT2D eigenvalue weighted by molar-refractivity contribution is 0.0930. The zero-order valence-corrected chi connectivity index (χ0v) is 17.8. The van der Waals surface area contributed by atoms with E-state index in [1.165, 1.54) is 19.3 Å². The molecule has 3 unspecified atom stereocenters. The monoisotopic (exact) mass is 420 g/mol. The van der Waals surface area contributed by atoms with Crippen molar-refractivity contribution in [3.05, 3.63) is 45.6 Å². The second-order valence-corrected chi connectivity index (χ2v) is 8.35. The Balaban J connectivity index is 1.76. The first-order chi connectivity index (χ1) is 13.4. The van der Waals surface area contributed by atoms with Gasteiger partial charge in [-0.2, -0.15) is 0 Å². The van der Waals surface area contributed by atoms with Gasteiger partial charge in [0.2, 0.25) is 0 Å². The highest BCUT2D eigenvalue weighted by Gasteiger charge is 2.41. The van der Waals surface area contributed by atoms with Gasteiger partial charge >= 0.3 is 0 Å². The maximum Gasteiger partial charge on any atom is 0.252 e. The van der Waals surface area contributed by atoms with Crippen LogP contribution in [0.1, 0.15) is 43.5 Å². The summed E-state index contributed by atoms with van der Waals surface area (Å²) in [5, 5.41) is 3.69. The van der Waals surface area contributed by atoms with Crippen LogP contribution in [0, 0.1) is 5.92 Å². The van der Waals surface area contributed by atoms with Crippen LogP contribution in [0.5, 0.6) is 0 Å². The van der Waals surface area contributed by atoms with E-state index in [0.29, 0.717) is 29.0 Å². The van der Waals surface area contributed by atoms with Crippen molar-refractivity contribution < 1.29 is 4.79 Å². The molecule has 1 aliphatic heterocycles. The molecule has 1 aromatic rings. The highest BCUT2D eigenvalue weighted by atomic mass is 35.5. The summed E-state index contributed by atoms with van der Waals surface area (Å²) in [6.07, 6.45) is 5.60. The topological polar surface area (TPSA) is 57.1 Å². The van der Waals surface area contributed by atoms with Gasteiger partial charge in [-0.3, -0.25) is 9.69 Å². The van der Waals surface area contributed by atoms with Crippen molar-refractivity contribution in [3.8, 4) is 0 Å².